The zero-order chi connectivity index (χ0) is 10.0. The standard InChI is InChI=1S/C10H13NO2/c1-7-4-5-8(10(12)13)6-9(7)11(2)3/h4-6H,1-3H3,(H,12,13). The predicted molar refractivity (Wildman–Crippen MR) is 52.5 cm³/mol. The van der Waals surface area contributed by atoms with Crippen molar-refractivity contribution in [3.8, 4) is 0 Å². The number of hydrogen-bond donors (Lipinski definition) is 1. The summed E-state index contributed by atoms with van der Waals surface area (Å²) in [7, 11) is 3.79. The van der Waals surface area contributed by atoms with Gasteiger partial charge in [0.2, 0.25) is 0 Å². The molecule has 0 saturated heterocycles. The fourth-order valence-electron chi connectivity index (χ4n) is 1.22. The van der Waals surface area contributed by atoms with Crippen molar-refractivity contribution in [1.29, 1.82) is 0 Å². The normalized spacial score (nSPS) is 9.77. The molecule has 0 atom stereocenters. The van der Waals surface area contributed by atoms with Crippen LogP contribution in [0, 0.1) is 6.92 Å². The lowest BCUT2D eigenvalue weighted by molar-refractivity contribution is 0.0697. The number of carboxylic acids is 1. The van der Waals surface area contributed by atoms with Gasteiger partial charge in [-0.05, 0) is 24.6 Å². The maximum atomic E-state index is 10.7. The zero-order valence-corrected chi connectivity index (χ0v) is 8.03. The van der Waals surface area contributed by atoms with Gasteiger partial charge in [-0.2, -0.15) is 0 Å². The molecular weight excluding hydrogens is 166 g/mol. The molecule has 70 valence electrons. The van der Waals surface area contributed by atoms with Crippen molar-refractivity contribution in [3.05, 3.63) is 29.3 Å². The van der Waals surface area contributed by atoms with Gasteiger partial charge in [-0.25, -0.2) is 4.79 Å². The first-order valence-electron chi connectivity index (χ1n) is 4.03. The van der Waals surface area contributed by atoms with Gasteiger partial charge in [-0.3, -0.25) is 0 Å². The summed E-state index contributed by atoms with van der Waals surface area (Å²) in [6.45, 7) is 1.96. The lowest BCUT2D eigenvalue weighted by atomic mass is 10.1. The second-order valence-corrected chi connectivity index (χ2v) is 3.20. The number of carbonyl (C=O) groups is 1. The Kier molecular flexibility index (Phi) is 2.56. The second-order valence-electron chi connectivity index (χ2n) is 3.20. The third-order valence-corrected chi connectivity index (χ3v) is 1.94. The lowest BCUT2D eigenvalue weighted by Gasteiger charge is -2.15. The molecule has 0 aliphatic heterocycles. The molecule has 0 aliphatic carbocycles. The summed E-state index contributed by atoms with van der Waals surface area (Å²) >= 11 is 0. The average molecular weight is 179 g/mol. The maximum absolute atomic E-state index is 10.7. The van der Waals surface area contributed by atoms with Crippen molar-refractivity contribution < 1.29 is 9.90 Å². The molecule has 0 aromatic heterocycles. The average Bonchev–Trinajstić information content (AvgIpc) is 2.04. The molecule has 0 unspecified atom stereocenters. The van der Waals surface area contributed by atoms with Crippen LogP contribution in [0.3, 0.4) is 0 Å². The topological polar surface area (TPSA) is 40.5 Å². The van der Waals surface area contributed by atoms with Crippen molar-refractivity contribution in [3.63, 3.8) is 0 Å². The molecule has 3 nitrogen and oxygen atoms in total. The van der Waals surface area contributed by atoms with Gasteiger partial charge in [0.05, 0.1) is 5.56 Å². The first-order chi connectivity index (χ1) is 6.02. The molecule has 0 fully saturated rings. The van der Waals surface area contributed by atoms with E-state index < -0.39 is 5.97 Å². The Labute approximate surface area is 77.6 Å². The largest absolute Gasteiger partial charge is 0.478 e. The highest BCUT2D eigenvalue weighted by atomic mass is 16.4. The van der Waals surface area contributed by atoms with Crippen LogP contribution in [0.1, 0.15) is 15.9 Å². The molecule has 13 heavy (non-hydrogen) atoms. The van der Waals surface area contributed by atoms with Crippen LogP contribution in [0.15, 0.2) is 18.2 Å². The van der Waals surface area contributed by atoms with Gasteiger partial charge in [0.25, 0.3) is 0 Å². The van der Waals surface area contributed by atoms with E-state index in [0.29, 0.717) is 5.56 Å². The van der Waals surface area contributed by atoms with Gasteiger partial charge >= 0.3 is 5.97 Å². The van der Waals surface area contributed by atoms with Gasteiger partial charge in [0.15, 0.2) is 0 Å². The molecule has 3 heteroatoms. The number of aryl methyl sites for hydroxylation is 1. The Bertz CT molecular complexity index is 332. The first kappa shape index (κ1) is 9.58. The summed E-state index contributed by atoms with van der Waals surface area (Å²) in [6.07, 6.45) is 0. The molecular formula is C10H13NO2. The Morgan fingerprint density at radius 1 is 1.38 bits per heavy atom. The number of rotatable bonds is 2. The highest BCUT2D eigenvalue weighted by Crippen LogP contribution is 2.19. The van der Waals surface area contributed by atoms with E-state index in [2.05, 4.69) is 0 Å². The second kappa shape index (κ2) is 3.47. The molecule has 0 bridgehead atoms. The first-order valence-corrected chi connectivity index (χ1v) is 4.03. The summed E-state index contributed by atoms with van der Waals surface area (Å²) in [5, 5.41) is 8.76. The number of hydrogen-bond acceptors (Lipinski definition) is 2. The smallest absolute Gasteiger partial charge is 0.335 e. The van der Waals surface area contributed by atoms with E-state index in [9.17, 15) is 4.79 Å². The minimum atomic E-state index is -0.886. The maximum Gasteiger partial charge on any atom is 0.335 e. The molecule has 0 heterocycles. The zero-order valence-electron chi connectivity index (χ0n) is 8.03. The quantitative estimate of drug-likeness (QED) is 0.752. The summed E-state index contributed by atoms with van der Waals surface area (Å²) in [5.74, 6) is -0.886. The molecule has 0 radical (unpaired) electrons. The van der Waals surface area contributed by atoms with Gasteiger partial charge in [-0.1, -0.05) is 6.07 Å². The van der Waals surface area contributed by atoms with Gasteiger partial charge in [0, 0.05) is 19.8 Å². The van der Waals surface area contributed by atoms with Crippen molar-refractivity contribution in [2.24, 2.45) is 0 Å². The lowest BCUT2D eigenvalue weighted by Crippen LogP contribution is -2.11. The van der Waals surface area contributed by atoms with Gasteiger partial charge < -0.3 is 10.0 Å². The monoisotopic (exact) mass is 179 g/mol. The fourth-order valence-corrected chi connectivity index (χ4v) is 1.22. The molecule has 1 aromatic rings. The van der Waals surface area contributed by atoms with Gasteiger partial charge in [-0.15, -0.1) is 0 Å². The molecule has 1 aromatic carbocycles. The van der Waals surface area contributed by atoms with Crippen molar-refractivity contribution >= 4 is 11.7 Å². The molecule has 0 saturated carbocycles. The van der Waals surface area contributed by atoms with Crippen LogP contribution in [-0.2, 0) is 0 Å². The molecule has 0 aliphatic rings. The van der Waals surface area contributed by atoms with E-state index in [1.807, 2.05) is 32.0 Å². The minimum absolute atomic E-state index is 0.328. The third-order valence-electron chi connectivity index (χ3n) is 1.94. The number of benzene rings is 1. The van der Waals surface area contributed by atoms with Crippen LogP contribution in [0.5, 0.6) is 0 Å². The number of carboxylic acid groups (broad SMARTS) is 1. The van der Waals surface area contributed by atoms with Crippen molar-refractivity contribution in [2.45, 2.75) is 6.92 Å². The Morgan fingerprint density at radius 2 is 2.00 bits per heavy atom. The van der Waals surface area contributed by atoms with E-state index in [-0.39, 0.29) is 0 Å². The van der Waals surface area contributed by atoms with E-state index in [1.54, 1.807) is 12.1 Å². The Hall–Kier alpha value is -1.51. The molecule has 1 rings (SSSR count). The SMILES string of the molecule is Cc1ccc(C(=O)O)cc1N(C)C. The molecule has 0 spiro atoms. The van der Waals surface area contributed by atoms with E-state index in [4.69, 9.17) is 5.11 Å². The van der Waals surface area contributed by atoms with E-state index in [1.165, 1.54) is 0 Å². The Morgan fingerprint density at radius 3 is 2.46 bits per heavy atom. The highest BCUT2D eigenvalue weighted by Gasteiger charge is 2.06. The number of nitrogens with zero attached hydrogens (tertiary/aromatic N) is 1. The third kappa shape index (κ3) is 1.99. The molecule has 0 amide bonds. The Balaban J connectivity index is 3.19. The van der Waals surface area contributed by atoms with E-state index in [0.717, 1.165) is 11.3 Å². The van der Waals surface area contributed by atoms with Crippen LogP contribution in [0.2, 0.25) is 0 Å². The number of aromatic carboxylic acids is 1. The van der Waals surface area contributed by atoms with Crippen molar-refractivity contribution in [2.75, 3.05) is 19.0 Å². The summed E-state index contributed by atoms with van der Waals surface area (Å²) < 4.78 is 0. The fraction of sp³-hybridized carbons (Fsp3) is 0.300. The van der Waals surface area contributed by atoms with Crippen LogP contribution >= 0.6 is 0 Å². The van der Waals surface area contributed by atoms with E-state index >= 15 is 0 Å². The van der Waals surface area contributed by atoms with Gasteiger partial charge in [0.1, 0.15) is 0 Å². The van der Waals surface area contributed by atoms with Crippen LogP contribution in [0.4, 0.5) is 5.69 Å². The number of anilines is 1. The summed E-state index contributed by atoms with van der Waals surface area (Å²) in [6, 6.07) is 5.11. The van der Waals surface area contributed by atoms with Crippen LogP contribution in [0.25, 0.3) is 0 Å². The van der Waals surface area contributed by atoms with Crippen molar-refractivity contribution in [1.82, 2.24) is 0 Å². The minimum Gasteiger partial charge on any atom is -0.478 e. The predicted octanol–water partition coefficient (Wildman–Crippen LogP) is 1.76. The summed E-state index contributed by atoms with van der Waals surface area (Å²) in [4.78, 5) is 12.6. The van der Waals surface area contributed by atoms with Crippen LogP contribution < -0.4 is 4.90 Å². The van der Waals surface area contributed by atoms with Crippen LogP contribution in [-0.4, -0.2) is 25.2 Å². The molecule has 1 N–H and O–H groups in total. The highest BCUT2D eigenvalue weighted by molar-refractivity contribution is 5.89. The summed E-state index contributed by atoms with van der Waals surface area (Å²) in [5.41, 5.74) is 2.35.